The molecule has 104 valence electrons. The SMILES string of the molecule is CB(O)N1CC[C@@H](N[C@@H](C)c2ccccc2)[C@H](C)C1. The van der Waals surface area contributed by atoms with Crippen LogP contribution in [-0.4, -0.2) is 36.0 Å². The minimum atomic E-state index is -0.324. The zero-order valence-electron chi connectivity index (χ0n) is 12.2. The molecule has 0 unspecified atom stereocenters. The molecule has 1 heterocycles. The van der Waals surface area contributed by atoms with Gasteiger partial charge in [0.05, 0.1) is 0 Å². The zero-order chi connectivity index (χ0) is 13.8. The maximum absolute atomic E-state index is 9.65. The van der Waals surface area contributed by atoms with E-state index in [4.69, 9.17) is 0 Å². The van der Waals surface area contributed by atoms with E-state index in [0.717, 1.165) is 19.5 Å². The standard InChI is InChI=1S/C15H25BN2O/c1-12-11-18(16(3)19)10-9-15(12)17-13(2)14-7-5-4-6-8-14/h4-8,12-13,15,17,19H,9-11H2,1-3H3/t12-,13+,15-/m1/s1. The van der Waals surface area contributed by atoms with Crippen molar-refractivity contribution in [2.75, 3.05) is 13.1 Å². The first-order valence-corrected chi connectivity index (χ1v) is 7.31. The summed E-state index contributed by atoms with van der Waals surface area (Å²) in [6, 6.07) is 11.5. The highest BCUT2D eigenvalue weighted by atomic mass is 16.2. The summed E-state index contributed by atoms with van der Waals surface area (Å²) in [5.74, 6) is 0.564. The maximum atomic E-state index is 9.65. The monoisotopic (exact) mass is 260 g/mol. The number of rotatable bonds is 4. The Kier molecular flexibility index (Phi) is 5.02. The average Bonchev–Trinajstić information content (AvgIpc) is 2.41. The van der Waals surface area contributed by atoms with Crippen LogP contribution in [0.1, 0.15) is 31.9 Å². The summed E-state index contributed by atoms with van der Waals surface area (Å²) in [5, 5.41) is 13.4. The third-order valence-corrected chi connectivity index (χ3v) is 4.23. The summed E-state index contributed by atoms with van der Waals surface area (Å²) in [6.45, 7) is 8.29. The van der Waals surface area contributed by atoms with Crippen LogP contribution in [0.4, 0.5) is 0 Å². The Morgan fingerprint density at radius 3 is 2.63 bits per heavy atom. The van der Waals surface area contributed by atoms with Crippen LogP contribution in [0.15, 0.2) is 30.3 Å². The van der Waals surface area contributed by atoms with Crippen molar-refractivity contribution < 1.29 is 5.02 Å². The topological polar surface area (TPSA) is 35.5 Å². The van der Waals surface area contributed by atoms with E-state index in [1.165, 1.54) is 5.56 Å². The van der Waals surface area contributed by atoms with Crippen LogP contribution in [0.25, 0.3) is 0 Å². The molecule has 0 saturated carbocycles. The Morgan fingerprint density at radius 2 is 2.05 bits per heavy atom. The smallest absolute Gasteiger partial charge is 0.376 e. The van der Waals surface area contributed by atoms with Crippen molar-refractivity contribution in [2.24, 2.45) is 5.92 Å². The summed E-state index contributed by atoms with van der Waals surface area (Å²) >= 11 is 0. The van der Waals surface area contributed by atoms with E-state index in [1.807, 2.05) is 6.82 Å². The van der Waals surface area contributed by atoms with Gasteiger partial charge in [0.15, 0.2) is 0 Å². The Bertz CT molecular complexity index is 385. The molecule has 1 aliphatic heterocycles. The zero-order valence-corrected chi connectivity index (χ0v) is 12.2. The van der Waals surface area contributed by atoms with Crippen LogP contribution in [0.2, 0.25) is 6.82 Å². The minimum Gasteiger partial charge on any atom is -0.437 e. The van der Waals surface area contributed by atoms with E-state index in [9.17, 15) is 5.02 Å². The second kappa shape index (κ2) is 6.55. The Labute approximate surface area is 117 Å². The third-order valence-electron chi connectivity index (χ3n) is 4.23. The highest BCUT2D eigenvalue weighted by molar-refractivity contribution is 6.45. The number of piperidine rings is 1. The molecule has 19 heavy (non-hydrogen) atoms. The Balaban J connectivity index is 1.90. The van der Waals surface area contributed by atoms with Crippen LogP contribution in [0.5, 0.6) is 0 Å². The largest absolute Gasteiger partial charge is 0.437 e. The van der Waals surface area contributed by atoms with Crippen LogP contribution >= 0.6 is 0 Å². The molecule has 2 N–H and O–H groups in total. The van der Waals surface area contributed by atoms with Gasteiger partial charge in [0.25, 0.3) is 0 Å². The second-order valence-electron chi connectivity index (χ2n) is 5.80. The molecule has 1 aromatic rings. The molecular weight excluding hydrogens is 235 g/mol. The van der Waals surface area contributed by atoms with Gasteiger partial charge in [0, 0.05) is 12.1 Å². The summed E-state index contributed by atoms with van der Waals surface area (Å²) in [7, 11) is -0.324. The molecule has 1 saturated heterocycles. The number of hydrogen-bond donors (Lipinski definition) is 2. The number of hydrogen-bond acceptors (Lipinski definition) is 3. The first kappa shape index (κ1) is 14.6. The van der Waals surface area contributed by atoms with Gasteiger partial charge in [-0.2, -0.15) is 0 Å². The molecule has 0 spiro atoms. The minimum absolute atomic E-state index is 0.324. The molecule has 1 fully saturated rings. The summed E-state index contributed by atoms with van der Waals surface area (Å²) in [4.78, 5) is 2.15. The molecule has 3 atom stereocenters. The van der Waals surface area contributed by atoms with Crippen molar-refractivity contribution in [1.82, 2.24) is 10.1 Å². The van der Waals surface area contributed by atoms with E-state index in [0.29, 0.717) is 18.0 Å². The van der Waals surface area contributed by atoms with Gasteiger partial charge in [-0.15, -0.1) is 0 Å². The van der Waals surface area contributed by atoms with Gasteiger partial charge in [-0.05, 0) is 44.7 Å². The van der Waals surface area contributed by atoms with E-state index in [-0.39, 0.29) is 7.05 Å². The molecule has 1 aromatic carbocycles. The fraction of sp³-hybridized carbons (Fsp3) is 0.600. The van der Waals surface area contributed by atoms with Crippen LogP contribution in [0.3, 0.4) is 0 Å². The van der Waals surface area contributed by atoms with Crippen LogP contribution < -0.4 is 5.32 Å². The van der Waals surface area contributed by atoms with Gasteiger partial charge in [0.2, 0.25) is 0 Å². The molecule has 0 aliphatic carbocycles. The van der Waals surface area contributed by atoms with Gasteiger partial charge < -0.3 is 15.2 Å². The Morgan fingerprint density at radius 1 is 1.37 bits per heavy atom. The van der Waals surface area contributed by atoms with Gasteiger partial charge in [0.1, 0.15) is 0 Å². The third kappa shape index (κ3) is 3.82. The first-order chi connectivity index (χ1) is 9.08. The fourth-order valence-corrected chi connectivity index (χ4v) is 2.92. The molecule has 2 rings (SSSR count). The highest BCUT2D eigenvalue weighted by Crippen LogP contribution is 2.21. The molecule has 0 radical (unpaired) electrons. The molecule has 4 heteroatoms. The maximum Gasteiger partial charge on any atom is 0.376 e. The molecule has 0 aromatic heterocycles. The predicted octanol–water partition coefficient (Wildman–Crippen LogP) is 2.16. The average molecular weight is 260 g/mol. The van der Waals surface area contributed by atoms with Crippen molar-refractivity contribution in [1.29, 1.82) is 0 Å². The first-order valence-electron chi connectivity index (χ1n) is 7.31. The second-order valence-corrected chi connectivity index (χ2v) is 5.80. The van der Waals surface area contributed by atoms with E-state index < -0.39 is 0 Å². The number of nitrogens with one attached hydrogen (secondary N) is 1. The van der Waals surface area contributed by atoms with E-state index >= 15 is 0 Å². The molecule has 0 bridgehead atoms. The van der Waals surface area contributed by atoms with Crippen LogP contribution in [-0.2, 0) is 0 Å². The van der Waals surface area contributed by atoms with Crippen molar-refractivity contribution >= 4 is 7.05 Å². The van der Waals surface area contributed by atoms with Crippen LogP contribution in [0, 0.1) is 5.92 Å². The van der Waals surface area contributed by atoms with Crippen molar-refractivity contribution in [3.05, 3.63) is 35.9 Å². The number of benzene rings is 1. The summed E-state index contributed by atoms with van der Waals surface area (Å²) in [6.07, 6.45) is 1.10. The van der Waals surface area contributed by atoms with E-state index in [2.05, 4.69) is 54.3 Å². The molecule has 3 nitrogen and oxygen atoms in total. The van der Waals surface area contributed by atoms with Gasteiger partial charge in [-0.25, -0.2) is 0 Å². The van der Waals surface area contributed by atoms with Crippen molar-refractivity contribution in [3.8, 4) is 0 Å². The summed E-state index contributed by atoms with van der Waals surface area (Å²) < 4.78 is 0. The lowest BCUT2D eigenvalue weighted by Gasteiger charge is -2.39. The van der Waals surface area contributed by atoms with Crippen molar-refractivity contribution in [2.45, 2.75) is 39.2 Å². The van der Waals surface area contributed by atoms with Crippen molar-refractivity contribution in [3.63, 3.8) is 0 Å². The normalized spacial score (nSPS) is 26.1. The quantitative estimate of drug-likeness (QED) is 0.814. The molecule has 1 aliphatic rings. The molecular formula is C15H25BN2O. The van der Waals surface area contributed by atoms with Gasteiger partial charge in [-0.1, -0.05) is 37.3 Å². The highest BCUT2D eigenvalue weighted by Gasteiger charge is 2.29. The molecule has 0 amide bonds. The lowest BCUT2D eigenvalue weighted by molar-refractivity contribution is 0.194. The number of nitrogens with zero attached hydrogens (tertiary/aromatic N) is 1. The van der Waals surface area contributed by atoms with E-state index in [1.54, 1.807) is 0 Å². The summed E-state index contributed by atoms with van der Waals surface area (Å²) in [5.41, 5.74) is 1.34. The Hall–Kier alpha value is -0.835. The lowest BCUT2D eigenvalue weighted by Crippen LogP contribution is -2.52. The van der Waals surface area contributed by atoms with Gasteiger partial charge >= 0.3 is 7.05 Å². The van der Waals surface area contributed by atoms with Gasteiger partial charge in [-0.3, -0.25) is 0 Å². The lowest BCUT2D eigenvalue weighted by atomic mass is 9.79. The fourth-order valence-electron chi connectivity index (χ4n) is 2.92. The predicted molar refractivity (Wildman–Crippen MR) is 81.0 cm³/mol.